The van der Waals surface area contributed by atoms with E-state index in [0.717, 1.165) is 6.42 Å². The number of amides is 3. The molecule has 3 amide bonds. The van der Waals surface area contributed by atoms with Crippen molar-refractivity contribution in [3.63, 3.8) is 0 Å². The summed E-state index contributed by atoms with van der Waals surface area (Å²) in [5.41, 5.74) is 5.68. The molecule has 0 spiro atoms. The number of carbonyl (C=O) groups is 3. The van der Waals surface area contributed by atoms with Gasteiger partial charge in [0.2, 0.25) is 5.91 Å². The van der Waals surface area contributed by atoms with Crippen molar-refractivity contribution >= 4 is 17.7 Å². The Morgan fingerprint density at radius 3 is 2.92 bits per heavy atom. The zero-order valence-electron chi connectivity index (χ0n) is 13.9. The van der Waals surface area contributed by atoms with Crippen LogP contribution in [0.1, 0.15) is 27.3 Å². The molecule has 2 unspecified atom stereocenters. The van der Waals surface area contributed by atoms with Crippen LogP contribution in [0.4, 0.5) is 0 Å². The van der Waals surface area contributed by atoms with Crippen LogP contribution in [0, 0.1) is 5.92 Å². The molecule has 0 bridgehead atoms. The Balaban J connectivity index is 1.35. The number of H-pyrrole nitrogens is 1. The van der Waals surface area contributed by atoms with Crippen molar-refractivity contribution in [3.8, 4) is 5.75 Å². The maximum Gasteiger partial charge on any atom is 0.267 e. The SMILES string of the molecule is NC(=O)c1c[nH]c(C(=O)NC2CC2CNC(=O)COc2cccnc2)c1. The fraction of sp³-hybridized carbons (Fsp3) is 0.294. The van der Waals surface area contributed by atoms with Gasteiger partial charge in [0.05, 0.1) is 11.8 Å². The van der Waals surface area contributed by atoms with Gasteiger partial charge in [0.15, 0.2) is 6.61 Å². The van der Waals surface area contributed by atoms with Gasteiger partial charge >= 0.3 is 0 Å². The Hall–Kier alpha value is -3.36. The van der Waals surface area contributed by atoms with E-state index >= 15 is 0 Å². The highest BCUT2D eigenvalue weighted by atomic mass is 16.5. The summed E-state index contributed by atoms with van der Waals surface area (Å²) in [4.78, 5) is 41.5. The van der Waals surface area contributed by atoms with E-state index in [9.17, 15) is 14.4 Å². The third kappa shape index (κ3) is 4.59. The second-order valence-electron chi connectivity index (χ2n) is 6.02. The maximum atomic E-state index is 12.1. The van der Waals surface area contributed by atoms with Crippen LogP contribution >= 0.6 is 0 Å². The lowest BCUT2D eigenvalue weighted by molar-refractivity contribution is -0.123. The van der Waals surface area contributed by atoms with E-state index in [-0.39, 0.29) is 41.6 Å². The van der Waals surface area contributed by atoms with Gasteiger partial charge in [-0.05, 0) is 30.5 Å². The minimum Gasteiger partial charge on any atom is -0.482 e. The highest BCUT2D eigenvalue weighted by Gasteiger charge is 2.38. The molecule has 2 aromatic heterocycles. The van der Waals surface area contributed by atoms with Gasteiger partial charge in [0, 0.05) is 25.0 Å². The molecule has 2 atom stereocenters. The van der Waals surface area contributed by atoms with Crippen LogP contribution in [-0.2, 0) is 4.79 Å². The fourth-order valence-corrected chi connectivity index (χ4v) is 2.44. The summed E-state index contributed by atoms with van der Waals surface area (Å²) in [5, 5.41) is 5.61. The van der Waals surface area contributed by atoms with E-state index in [1.54, 1.807) is 18.3 Å². The van der Waals surface area contributed by atoms with Gasteiger partial charge in [0.1, 0.15) is 11.4 Å². The monoisotopic (exact) mass is 357 g/mol. The number of hydrogen-bond acceptors (Lipinski definition) is 5. The number of primary amides is 1. The molecule has 26 heavy (non-hydrogen) atoms. The zero-order chi connectivity index (χ0) is 18.5. The van der Waals surface area contributed by atoms with Crippen molar-refractivity contribution in [2.45, 2.75) is 12.5 Å². The lowest BCUT2D eigenvalue weighted by atomic mass is 10.3. The van der Waals surface area contributed by atoms with Crippen LogP contribution in [0.5, 0.6) is 5.75 Å². The third-order valence-corrected chi connectivity index (χ3v) is 4.02. The Morgan fingerprint density at radius 1 is 1.38 bits per heavy atom. The summed E-state index contributed by atoms with van der Waals surface area (Å²) in [6, 6.07) is 4.84. The van der Waals surface area contributed by atoms with Crippen molar-refractivity contribution in [3.05, 3.63) is 48.0 Å². The number of nitrogens with two attached hydrogens (primary N) is 1. The number of pyridine rings is 1. The number of aromatic amines is 1. The minimum atomic E-state index is -0.596. The number of ether oxygens (including phenoxy) is 1. The first-order valence-electron chi connectivity index (χ1n) is 8.11. The molecule has 1 fully saturated rings. The van der Waals surface area contributed by atoms with E-state index in [0.29, 0.717) is 12.3 Å². The molecule has 9 heteroatoms. The average molecular weight is 357 g/mol. The number of carbonyl (C=O) groups excluding carboxylic acids is 3. The van der Waals surface area contributed by atoms with Gasteiger partial charge in [-0.25, -0.2) is 0 Å². The predicted molar refractivity (Wildman–Crippen MR) is 91.4 cm³/mol. The van der Waals surface area contributed by atoms with Gasteiger partial charge in [-0.15, -0.1) is 0 Å². The van der Waals surface area contributed by atoms with Crippen molar-refractivity contribution in [2.75, 3.05) is 13.2 Å². The molecule has 0 aromatic carbocycles. The Bertz CT molecular complexity index is 804. The first-order valence-corrected chi connectivity index (χ1v) is 8.11. The van der Waals surface area contributed by atoms with Gasteiger partial charge in [-0.1, -0.05) is 0 Å². The standard InChI is InChI=1S/C17H19N5O4/c18-16(24)11-5-14(20-7-11)17(25)22-13-4-10(13)6-21-15(23)9-26-12-2-1-3-19-8-12/h1-3,5,7-8,10,13,20H,4,6,9H2,(H2,18,24)(H,21,23)(H,22,25). The van der Waals surface area contributed by atoms with E-state index in [1.807, 2.05) is 0 Å². The number of nitrogens with zero attached hydrogens (tertiary/aromatic N) is 1. The summed E-state index contributed by atoms with van der Waals surface area (Å²) >= 11 is 0. The molecule has 2 heterocycles. The third-order valence-electron chi connectivity index (χ3n) is 4.02. The molecule has 1 aliphatic rings. The molecule has 1 saturated carbocycles. The molecule has 0 aliphatic heterocycles. The van der Waals surface area contributed by atoms with E-state index in [2.05, 4.69) is 20.6 Å². The van der Waals surface area contributed by atoms with Gasteiger partial charge in [-0.3, -0.25) is 19.4 Å². The number of aromatic nitrogens is 2. The fourth-order valence-electron chi connectivity index (χ4n) is 2.44. The van der Waals surface area contributed by atoms with Gasteiger partial charge in [-0.2, -0.15) is 0 Å². The van der Waals surface area contributed by atoms with Crippen molar-refractivity contribution in [1.29, 1.82) is 0 Å². The Kier molecular flexibility index (Phi) is 5.16. The maximum absolute atomic E-state index is 12.1. The smallest absolute Gasteiger partial charge is 0.267 e. The molecule has 3 rings (SSSR count). The van der Waals surface area contributed by atoms with Crippen LogP contribution in [0.3, 0.4) is 0 Å². The van der Waals surface area contributed by atoms with Crippen molar-refractivity contribution < 1.29 is 19.1 Å². The highest BCUT2D eigenvalue weighted by molar-refractivity contribution is 5.98. The van der Waals surface area contributed by atoms with Gasteiger partial charge < -0.3 is 26.1 Å². The van der Waals surface area contributed by atoms with Crippen LogP contribution in [0.2, 0.25) is 0 Å². The molecule has 2 aromatic rings. The topological polar surface area (TPSA) is 139 Å². The molecule has 9 nitrogen and oxygen atoms in total. The summed E-state index contributed by atoms with van der Waals surface area (Å²) in [6.07, 6.45) is 5.32. The lowest BCUT2D eigenvalue weighted by Crippen LogP contribution is -2.33. The quantitative estimate of drug-likeness (QED) is 0.519. The summed E-state index contributed by atoms with van der Waals surface area (Å²) < 4.78 is 5.31. The summed E-state index contributed by atoms with van der Waals surface area (Å²) in [6.45, 7) is 0.366. The van der Waals surface area contributed by atoms with Crippen LogP contribution in [0.25, 0.3) is 0 Å². The Morgan fingerprint density at radius 2 is 2.23 bits per heavy atom. The van der Waals surface area contributed by atoms with Crippen molar-refractivity contribution in [1.82, 2.24) is 20.6 Å². The molecule has 5 N–H and O–H groups in total. The minimum absolute atomic E-state index is 0.0117. The summed E-state index contributed by atoms with van der Waals surface area (Å²) in [5.74, 6) is -0.439. The zero-order valence-corrected chi connectivity index (χ0v) is 13.9. The number of rotatable bonds is 8. The summed E-state index contributed by atoms with van der Waals surface area (Å²) in [7, 11) is 0. The van der Waals surface area contributed by atoms with Crippen LogP contribution in [0.15, 0.2) is 36.8 Å². The molecule has 0 radical (unpaired) electrons. The second kappa shape index (κ2) is 7.68. The largest absolute Gasteiger partial charge is 0.482 e. The van der Waals surface area contributed by atoms with Crippen LogP contribution in [-0.4, -0.2) is 46.9 Å². The van der Waals surface area contributed by atoms with Gasteiger partial charge in [0.25, 0.3) is 11.8 Å². The number of hydrogen-bond donors (Lipinski definition) is 4. The molecule has 1 aliphatic carbocycles. The first-order chi connectivity index (χ1) is 12.5. The molecule has 0 saturated heterocycles. The lowest BCUT2D eigenvalue weighted by Gasteiger charge is -2.07. The Labute approximate surface area is 149 Å². The van der Waals surface area contributed by atoms with E-state index < -0.39 is 5.91 Å². The highest BCUT2D eigenvalue weighted by Crippen LogP contribution is 2.29. The van der Waals surface area contributed by atoms with Crippen LogP contribution < -0.4 is 21.1 Å². The van der Waals surface area contributed by atoms with E-state index in [4.69, 9.17) is 10.5 Å². The molecular weight excluding hydrogens is 338 g/mol. The van der Waals surface area contributed by atoms with E-state index in [1.165, 1.54) is 18.5 Å². The predicted octanol–water partition coefficient (Wildman–Crippen LogP) is -0.178. The number of nitrogens with one attached hydrogen (secondary N) is 3. The molecule has 136 valence electrons. The first kappa shape index (κ1) is 17.5. The van der Waals surface area contributed by atoms with Crippen molar-refractivity contribution in [2.24, 2.45) is 11.7 Å². The average Bonchev–Trinajstić information content (AvgIpc) is 3.17. The normalized spacial score (nSPS) is 18.0. The molecular formula is C17H19N5O4. The second-order valence-corrected chi connectivity index (χ2v) is 6.02.